The number of amides is 2. The minimum atomic E-state index is -0.742. The normalized spacial score (nSPS) is 17.5. The molecule has 11 heteroatoms. The van der Waals surface area contributed by atoms with Gasteiger partial charge in [0.1, 0.15) is 11.5 Å². The van der Waals surface area contributed by atoms with E-state index in [0.717, 1.165) is 34.9 Å². The molecule has 4 N–H and O–H groups in total. The van der Waals surface area contributed by atoms with Crippen molar-refractivity contribution in [3.63, 3.8) is 0 Å². The van der Waals surface area contributed by atoms with Crippen LogP contribution in [0.1, 0.15) is 70.4 Å². The Labute approximate surface area is 282 Å². The number of H-pyrrole nitrogens is 1. The highest BCUT2D eigenvalue weighted by Gasteiger charge is 2.33. The highest BCUT2D eigenvalue weighted by molar-refractivity contribution is 6.11. The molecule has 2 aliphatic heterocycles. The topological polar surface area (TPSA) is 135 Å². The van der Waals surface area contributed by atoms with E-state index in [1.54, 1.807) is 47.3 Å². The predicted octanol–water partition coefficient (Wildman–Crippen LogP) is 5.86. The molecule has 2 fully saturated rings. The van der Waals surface area contributed by atoms with Gasteiger partial charge in [0, 0.05) is 49.5 Å². The van der Waals surface area contributed by atoms with Gasteiger partial charge in [-0.1, -0.05) is 12.1 Å². The third-order valence-electron chi connectivity index (χ3n) is 10.1. The molecule has 3 aliphatic rings. The second-order valence-electron chi connectivity index (χ2n) is 13.6. The molecule has 3 aromatic heterocycles. The molecule has 250 valence electrons. The quantitative estimate of drug-likeness (QED) is 0.179. The van der Waals surface area contributed by atoms with Crippen LogP contribution in [-0.2, 0) is 6.61 Å². The van der Waals surface area contributed by atoms with Gasteiger partial charge in [-0.15, -0.1) is 0 Å². The van der Waals surface area contributed by atoms with Crippen molar-refractivity contribution in [3.05, 3.63) is 95.1 Å². The van der Waals surface area contributed by atoms with Crippen molar-refractivity contribution in [1.29, 1.82) is 0 Å². The minimum absolute atomic E-state index is 0.0158. The molecule has 5 heterocycles. The lowest BCUT2D eigenvalue weighted by Gasteiger charge is -2.35. The fourth-order valence-corrected chi connectivity index (χ4v) is 7.11. The average Bonchev–Trinajstić information content (AvgIpc) is 3.89. The summed E-state index contributed by atoms with van der Waals surface area (Å²) in [5.41, 5.74) is 5.72. The van der Waals surface area contributed by atoms with E-state index >= 15 is 4.39 Å². The Morgan fingerprint density at radius 1 is 1.04 bits per heavy atom. The largest absolute Gasteiger partial charge is 0.392 e. The summed E-state index contributed by atoms with van der Waals surface area (Å²) < 4.78 is 15.5. The van der Waals surface area contributed by atoms with Crippen LogP contribution in [0.4, 0.5) is 15.8 Å². The van der Waals surface area contributed by atoms with Crippen LogP contribution in [-0.4, -0.2) is 73.7 Å². The lowest BCUT2D eigenvalue weighted by Crippen LogP contribution is -2.45. The Bertz CT molecular complexity index is 2100. The number of aliphatic hydroxyl groups is 2. The van der Waals surface area contributed by atoms with Crippen LogP contribution in [0.25, 0.3) is 33.5 Å². The molecular weight excluding hydrogens is 623 g/mol. The van der Waals surface area contributed by atoms with Crippen LogP contribution in [0.15, 0.2) is 67.0 Å². The molecule has 5 aromatic rings. The van der Waals surface area contributed by atoms with Crippen LogP contribution in [0.3, 0.4) is 0 Å². The maximum Gasteiger partial charge on any atom is 0.263 e. The molecule has 1 saturated heterocycles. The van der Waals surface area contributed by atoms with E-state index in [1.807, 2.05) is 30.3 Å². The molecule has 1 aliphatic carbocycles. The van der Waals surface area contributed by atoms with Crippen LogP contribution >= 0.6 is 0 Å². The monoisotopic (exact) mass is 660 g/mol. The van der Waals surface area contributed by atoms with Gasteiger partial charge in [-0.25, -0.2) is 9.37 Å². The standard InChI is InChI=1S/C38H37FN6O4/c1-38(49)10-14-44(15-11-38)36(47)23-7-8-30(42-20-23)31-19-27-26(9-12-41-35(27)43-31)25-3-2-4-33(28(25)21-46)45-16-13-40-32-18-24(22-5-6-22)17-29(39)34(32)37(45)48/h2-4,7-9,12,17-20,22,40,46,49H,5-6,10-11,13-16,21H2,1H3,(H,41,43). The lowest BCUT2D eigenvalue weighted by molar-refractivity contribution is -0.00204. The second kappa shape index (κ2) is 12.1. The van der Waals surface area contributed by atoms with E-state index < -0.39 is 17.3 Å². The fraction of sp³-hybridized carbons (Fsp3) is 0.316. The highest BCUT2D eigenvalue weighted by atomic mass is 19.1. The van der Waals surface area contributed by atoms with Crippen molar-refractivity contribution >= 4 is 34.2 Å². The number of aromatic amines is 1. The number of aliphatic hydroxyl groups excluding tert-OH is 1. The molecule has 0 unspecified atom stereocenters. The summed E-state index contributed by atoms with van der Waals surface area (Å²) in [6, 6.07) is 16.3. The zero-order chi connectivity index (χ0) is 33.9. The Morgan fingerprint density at radius 2 is 1.86 bits per heavy atom. The first-order valence-electron chi connectivity index (χ1n) is 16.8. The number of anilines is 2. The van der Waals surface area contributed by atoms with Crippen LogP contribution in [0.5, 0.6) is 0 Å². The van der Waals surface area contributed by atoms with Gasteiger partial charge < -0.3 is 30.3 Å². The number of pyridine rings is 2. The number of halogens is 1. The minimum Gasteiger partial charge on any atom is -0.392 e. The van der Waals surface area contributed by atoms with Crippen molar-refractivity contribution in [2.75, 3.05) is 36.4 Å². The third kappa shape index (κ3) is 5.72. The summed E-state index contributed by atoms with van der Waals surface area (Å²) in [7, 11) is 0. The van der Waals surface area contributed by atoms with Gasteiger partial charge >= 0.3 is 0 Å². The molecule has 2 aromatic carbocycles. The second-order valence-corrected chi connectivity index (χ2v) is 13.6. The molecule has 10 nitrogen and oxygen atoms in total. The van der Waals surface area contributed by atoms with E-state index in [-0.39, 0.29) is 18.1 Å². The van der Waals surface area contributed by atoms with Gasteiger partial charge in [0.25, 0.3) is 11.8 Å². The lowest BCUT2D eigenvalue weighted by atomic mass is 9.93. The van der Waals surface area contributed by atoms with E-state index in [0.29, 0.717) is 84.5 Å². The van der Waals surface area contributed by atoms with Crippen LogP contribution in [0.2, 0.25) is 0 Å². The molecule has 0 bridgehead atoms. The molecule has 49 heavy (non-hydrogen) atoms. The van der Waals surface area contributed by atoms with E-state index in [2.05, 4.69) is 20.3 Å². The SMILES string of the molecule is CC1(O)CCN(C(=O)c2ccc(-c3cc4c(-c5cccc(N6CCNc7cc(C8CC8)cc(F)c7C6=O)c5CO)ccnc4[nH]3)nc2)CC1. The third-order valence-corrected chi connectivity index (χ3v) is 10.1. The first-order valence-corrected chi connectivity index (χ1v) is 16.8. The van der Waals surface area contributed by atoms with Crippen LogP contribution < -0.4 is 10.2 Å². The zero-order valence-electron chi connectivity index (χ0n) is 27.2. The predicted molar refractivity (Wildman–Crippen MR) is 185 cm³/mol. The number of hydrogen-bond acceptors (Lipinski definition) is 7. The van der Waals surface area contributed by atoms with Crippen LogP contribution in [0, 0.1) is 5.82 Å². The number of piperidine rings is 1. The number of hydrogen-bond donors (Lipinski definition) is 4. The van der Waals surface area contributed by atoms with Gasteiger partial charge in [0.05, 0.1) is 46.1 Å². The molecule has 1 saturated carbocycles. The smallest absolute Gasteiger partial charge is 0.263 e. The van der Waals surface area contributed by atoms with E-state index in [4.69, 9.17) is 0 Å². The Kier molecular flexibility index (Phi) is 7.68. The Hall–Kier alpha value is -5.13. The fourth-order valence-electron chi connectivity index (χ4n) is 7.11. The Balaban J connectivity index is 1.10. The molecule has 8 rings (SSSR count). The highest BCUT2D eigenvalue weighted by Crippen LogP contribution is 2.43. The molecule has 0 radical (unpaired) electrons. The summed E-state index contributed by atoms with van der Waals surface area (Å²) in [4.78, 5) is 42.8. The summed E-state index contributed by atoms with van der Waals surface area (Å²) in [6.07, 6.45) is 6.39. The molecule has 2 amide bonds. The number of carbonyl (C=O) groups excluding carboxylic acids is 2. The molecular formula is C38H37FN6O4. The van der Waals surface area contributed by atoms with Crippen molar-refractivity contribution in [3.8, 4) is 22.5 Å². The van der Waals surface area contributed by atoms with Crippen molar-refractivity contribution in [2.45, 2.75) is 50.7 Å². The number of nitrogens with zero attached hydrogens (tertiary/aromatic N) is 4. The average molecular weight is 661 g/mol. The maximum atomic E-state index is 15.5. The number of likely N-dealkylation sites (tertiary alicyclic amines) is 1. The number of aromatic nitrogens is 3. The van der Waals surface area contributed by atoms with Gasteiger partial charge in [-0.05, 0) is 97.7 Å². The van der Waals surface area contributed by atoms with Crippen molar-refractivity contribution in [1.82, 2.24) is 19.9 Å². The van der Waals surface area contributed by atoms with Gasteiger partial charge in [-0.2, -0.15) is 0 Å². The number of carbonyl (C=O) groups is 2. The summed E-state index contributed by atoms with van der Waals surface area (Å²) in [6.45, 7) is 3.17. The maximum absolute atomic E-state index is 15.5. The first-order chi connectivity index (χ1) is 23.7. The molecule has 0 spiro atoms. The zero-order valence-corrected chi connectivity index (χ0v) is 27.2. The summed E-state index contributed by atoms with van der Waals surface area (Å²) in [5.74, 6) is -0.743. The van der Waals surface area contributed by atoms with Gasteiger partial charge in [0.2, 0.25) is 0 Å². The number of rotatable bonds is 6. The van der Waals surface area contributed by atoms with Crippen molar-refractivity contribution < 1.29 is 24.2 Å². The number of benzene rings is 2. The summed E-state index contributed by atoms with van der Waals surface area (Å²) >= 11 is 0. The number of nitrogens with one attached hydrogen (secondary N) is 2. The van der Waals surface area contributed by atoms with Gasteiger partial charge in [-0.3, -0.25) is 14.6 Å². The van der Waals surface area contributed by atoms with E-state index in [9.17, 15) is 19.8 Å². The van der Waals surface area contributed by atoms with Crippen molar-refractivity contribution in [2.24, 2.45) is 0 Å². The van der Waals surface area contributed by atoms with Gasteiger partial charge in [0.15, 0.2) is 0 Å². The number of fused-ring (bicyclic) bond motifs is 2. The van der Waals surface area contributed by atoms with E-state index in [1.165, 1.54) is 6.07 Å². The first kappa shape index (κ1) is 31.2. The molecule has 0 atom stereocenters. The Morgan fingerprint density at radius 3 is 2.59 bits per heavy atom. The summed E-state index contributed by atoms with van der Waals surface area (Å²) in [5, 5.41) is 25.0.